The zero-order valence-electron chi connectivity index (χ0n) is 13.0. The van der Waals surface area contributed by atoms with Crippen LogP contribution in [0.5, 0.6) is 0 Å². The second-order valence-electron chi connectivity index (χ2n) is 7.32. The van der Waals surface area contributed by atoms with Gasteiger partial charge in [-0.2, -0.15) is 0 Å². The van der Waals surface area contributed by atoms with Gasteiger partial charge in [-0.05, 0) is 43.4 Å². The summed E-state index contributed by atoms with van der Waals surface area (Å²) in [5.74, 6) is 1.42. The number of carboxylic acid groups (broad SMARTS) is 1. The first kappa shape index (κ1) is 14.3. The molecule has 1 saturated heterocycles. The van der Waals surface area contributed by atoms with Gasteiger partial charge in [0.2, 0.25) is 0 Å². The highest BCUT2D eigenvalue weighted by Gasteiger charge is 2.49. The number of carboxylic acids is 1. The molecule has 0 bridgehead atoms. The fourth-order valence-corrected chi connectivity index (χ4v) is 5.42. The molecule has 118 valence electrons. The predicted octanol–water partition coefficient (Wildman–Crippen LogP) is 3.39. The Balaban J connectivity index is 1.70. The van der Waals surface area contributed by atoms with Gasteiger partial charge in [0.05, 0.1) is 0 Å². The van der Waals surface area contributed by atoms with Gasteiger partial charge in [-0.1, -0.05) is 43.2 Å². The van der Waals surface area contributed by atoms with E-state index in [0.717, 1.165) is 24.7 Å². The molecule has 0 amide bonds. The van der Waals surface area contributed by atoms with E-state index in [1.807, 2.05) is 6.08 Å². The van der Waals surface area contributed by atoms with Crippen LogP contribution in [-0.4, -0.2) is 34.6 Å². The minimum Gasteiger partial charge on any atom is -0.478 e. The van der Waals surface area contributed by atoms with Gasteiger partial charge in [0.15, 0.2) is 0 Å². The van der Waals surface area contributed by atoms with Crippen molar-refractivity contribution in [3.63, 3.8) is 0 Å². The number of nitrogens with zero attached hydrogens (tertiary/aromatic N) is 1. The maximum atomic E-state index is 11.4. The second kappa shape index (κ2) is 5.69. The molecule has 2 aliphatic carbocycles. The van der Waals surface area contributed by atoms with Crippen LogP contribution in [0.25, 0.3) is 0 Å². The Morgan fingerprint density at radius 3 is 2.73 bits per heavy atom. The molecule has 0 aromatic rings. The Bertz CT molecular complexity index is 548. The molecule has 3 nitrogen and oxygen atoms in total. The summed E-state index contributed by atoms with van der Waals surface area (Å²) in [6.45, 7) is 0.631. The highest BCUT2D eigenvalue weighted by molar-refractivity contribution is 5.87. The average Bonchev–Trinajstić information content (AvgIpc) is 2.80. The summed E-state index contributed by atoms with van der Waals surface area (Å²) in [6.07, 6.45) is 18.4. The molecule has 4 aliphatic rings. The first-order valence-electron chi connectivity index (χ1n) is 8.77. The summed E-state index contributed by atoms with van der Waals surface area (Å²) >= 11 is 0. The smallest absolute Gasteiger partial charge is 0.332 e. The number of hydrogen-bond donors (Lipinski definition) is 1. The first-order chi connectivity index (χ1) is 10.8. The van der Waals surface area contributed by atoms with Crippen LogP contribution in [0.4, 0.5) is 0 Å². The maximum Gasteiger partial charge on any atom is 0.332 e. The standard InChI is InChI=1S/C19H25NO2/c21-19(22)13-10-11-18-16-8-5-4-6-14(16)15-7-2-1-3-9-17(15)20(18)12-13/h1-3,7,10,14-18H,4-6,8-9,11-12H2,(H,21,22). The van der Waals surface area contributed by atoms with Gasteiger partial charge in [-0.25, -0.2) is 4.79 Å². The van der Waals surface area contributed by atoms with Crippen molar-refractivity contribution in [1.29, 1.82) is 0 Å². The van der Waals surface area contributed by atoms with Crippen LogP contribution in [0.3, 0.4) is 0 Å². The van der Waals surface area contributed by atoms with E-state index in [0.29, 0.717) is 30.1 Å². The lowest BCUT2D eigenvalue weighted by Crippen LogP contribution is -2.60. The van der Waals surface area contributed by atoms with Crippen molar-refractivity contribution < 1.29 is 9.90 Å². The molecule has 2 fully saturated rings. The number of piperidine rings is 1. The van der Waals surface area contributed by atoms with E-state index in [-0.39, 0.29) is 0 Å². The summed E-state index contributed by atoms with van der Waals surface area (Å²) in [4.78, 5) is 14.0. The maximum absolute atomic E-state index is 11.4. The van der Waals surface area contributed by atoms with E-state index in [1.165, 1.54) is 25.7 Å². The molecular weight excluding hydrogens is 274 g/mol. The van der Waals surface area contributed by atoms with Gasteiger partial charge in [0.25, 0.3) is 0 Å². The summed E-state index contributed by atoms with van der Waals surface area (Å²) in [5, 5.41) is 9.39. The number of rotatable bonds is 1. The van der Waals surface area contributed by atoms with Crippen molar-refractivity contribution in [3.05, 3.63) is 36.0 Å². The van der Waals surface area contributed by atoms with Crippen molar-refractivity contribution in [2.75, 3.05) is 6.54 Å². The van der Waals surface area contributed by atoms with E-state index in [2.05, 4.69) is 29.2 Å². The number of aliphatic carboxylic acids is 1. The molecule has 0 spiro atoms. The molecule has 0 aromatic heterocycles. The quantitative estimate of drug-likeness (QED) is 0.807. The van der Waals surface area contributed by atoms with E-state index in [4.69, 9.17) is 0 Å². The molecule has 5 atom stereocenters. The van der Waals surface area contributed by atoms with Gasteiger partial charge in [0.1, 0.15) is 0 Å². The molecule has 22 heavy (non-hydrogen) atoms. The lowest BCUT2D eigenvalue weighted by Gasteiger charge is -2.56. The van der Waals surface area contributed by atoms with Crippen molar-refractivity contribution in [1.82, 2.24) is 4.90 Å². The van der Waals surface area contributed by atoms with Crippen LogP contribution >= 0.6 is 0 Å². The molecular formula is C19H25NO2. The van der Waals surface area contributed by atoms with E-state index in [9.17, 15) is 9.90 Å². The monoisotopic (exact) mass is 299 g/mol. The highest BCUT2D eigenvalue weighted by atomic mass is 16.4. The van der Waals surface area contributed by atoms with Crippen molar-refractivity contribution in [3.8, 4) is 0 Å². The molecule has 1 saturated carbocycles. The SMILES string of the molecule is O=C(O)C1=CCC2C3CCCCC3C3C=CC=CCC3N2C1. The first-order valence-corrected chi connectivity index (χ1v) is 8.77. The summed E-state index contributed by atoms with van der Waals surface area (Å²) in [6, 6.07) is 1.05. The van der Waals surface area contributed by atoms with Crippen LogP contribution in [0.2, 0.25) is 0 Å². The minimum absolute atomic E-state index is 0.488. The van der Waals surface area contributed by atoms with Crippen LogP contribution in [-0.2, 0) is 4.79 Å². The number of fused-ring (bicyclic) bond motifs is 6. The minimum atomic E-state index is -0.736. The van der Waals surface area contributed by atoms with E-state index >= 15 is 0 Å². The molecule has 5 unspecified atom stereocenters. The van der Waals surface area contributed by atoms with Gasteiger partial charge in [-0.3, -0.25) is 4.90 Å². The normalized spacial score (nSPS) is 40.9. The lowest BCUT2D eigenvalue weighted by atomic mass is 9.62. The number of allylic oxidation sites excluding steroid dienone is 2. The van der Waals surface area contributed by atoms with Crippen molar-refractivity contribution in [2.24, 2.45) is 17.8 Å². The van der Waals surface area contributed by atoms with Gasteiger partial charge in [0, 0.05) is 24.2 Å². The van der Waals surface area contributed by atoms with Crippen LogP contribution < -0.4 is 0 Å². The highest BCUT2D eigenvalue weighted by Crippen LogP contribution is 2.49. The number of carbonyl (C=O) groups is 1. The average molecular weight is 299 g/mol. The molecule has 0 aromatic carbocycles. The fourth-order valence-electron chi connectivity index (χ4n) is 5.42. The van der Waals surface area contributed by atoms with Gasteiger partial charge in [-0.15, -0.1) is 0 Å². The zero-order valence-corrected chi connectivity index (χ0v) is 13.0. The summed E-state index contributed by atoms with van der Waals surface area (Å²) < 4.78 is 0. The predicted molar refractivity (Wildman–Crippen MR) is 86.5 cm³/mol. The Hall–Kier alpha value is -1.35. The molecule has 4 rings (SSSR count). The van der Waals surface area contributed by atoms with Crippen molar-refractivity contribution in [2.45, 2.75) is 50.6 Å². The third-order valence-corrected chi connectivity index (χ3v) is 6.35. The van der Waals surface area contributed by atoms with Gasteiger partial charge >= 0.3 is 5.97 Å². The molecule has 0 radical (unpaired) electrons. The second-order valence-corrected chi connectivity index (χ2v) is 7.32. The van der Waals surface area contributed by atoms with E-state index < -0.39 is 5.97 Å². The van der Waals surface area contributed by atoms with Crippen molar-refractivity contribution >= 4 is 5.97 Å². The molecule has 2 aliphatic heterocycles. The van der Waals surface area contributed by atoms with Crippen LogP contribution in [0.15, 0.2) is 36.0 Å². The third kappa shape index (κ3) is 2.26. The van der Waals surface area contributed by atoms with E-state index in [1.54, 1.807) is 0 Å². The lowest BCUT2D eigenvalue weighted by molar-refractivity contribution is -0.134. The zero-order chi connectivity index (χ0) is 15.1. The third-order valence-electron chi connectivity index (χ3n) is 6.35. The topological polar surface area (TPSA) is 40.5 Å². The Morgan fingerprint density at radius 1 is 1.09 bits per heavy atom. The molecule has 3 heteroatoms. The summed E-state index contributed by atoms with van der Waals surface area (Å²) in [7, 11) is 0. The number of hydrogen-bond acceptors (Lipinski definition) is 2. The summed E-state index contributed by atoms with van der Waals surface area (Å²) in [5.41, 5.74) is 0.599. The fraction of sp³-hybridized carbons (Fsp3) is 0.632. The Labute approximate surface area is 132 Å². The Kier molecular flexibility index (Phi) is 3.69. The van der Waals surface area contributed by atoms with Crippen LogP contribution in [0.1, 0.15) is 38.5 Å². The Morgan fingerprint density at radius 2 is 1.91 bits per heavy atom. The van der Waals surface area contributed by atoms with Crippen LogP contribution in [0, 0.1) is 17.8 Å². The molecule has 2 heterocycles. The largest absolute Gasteiger partial charge is 0.478 e. The molecule has 1 N–H and O–H groups in total. The van der Waals surface area contributed by atoms with Gasteiger partial charge < -0.3 is 5.11 Å².